The summed E-state index contributed by atoms with van der Waals surface area (Å²) in [6.45, 7) is 1.53. The van der Waals surface area contributed by atoms with Crippen LogP contribution in [0.15, 0.2) is 40.9 Å². The first kappa shape index (κ1) is 15.5. The van der Waals surface area contributed by atoms with Crippen LogP contribution < -0.4 is 4.90 Å². The number of benzene rings is 1. The summed E-state index contributed by atoms with van der Waals surface area (Å²) in [6, 6.07) is 11.3. The van der Waals surface area contributed by atoms with Gasteiger partial charge in [-0.05, 0) is 36.4 Å². The van der Waals surface area contributed by atoms with Gasteiger partial charge in [-0.15, -0.1) is 11.3 Å². The Labute approximate surface area is 142 Å². The van der Waals surface area contributed by atoms with Crippen molar-refractivity contribution in [3.8, 4) is 11.4 Å². The van der Waals surface area contributed by atoms with Crippen molar-refractivity contribution < 1.29 is 9.42 Å². The zero-order chi connectivity index (χ0) is 15.5. The van der Waals surface area contributed by atoms with Crippen molar-refractivity contribution in [2.75, 3.05) is 7.05 Å². The largest absolute Gasteiger partial charge is 0.333 e. The second-order valence-corrected chi connectivity index (χ2v) is 7.27. The summed E-state index contributed by atoms with van der Waals surface area (Å²) in [5.41, 5.74) is 0.891. The van der Waals surface area contributed by atoms with Crippen LogP contribution in [0.25, 0.3) is 11.4 Å². The zero-order valence-corrected chi connectivity index (χ0v) is 14.2. The molecule has 3 aromatic rings. The maximum absolute atomic E-state index is 5.95. The molecular weight excluding hydrogens is 341 g/mol. The lowest BCUT2D eigenvalue weighted by Gasteiger charge is -2.09. The average Bonchev–Trinajstić information content (AvgIpc) is 3.09. The van der Waals surface area contributed by atoms with Crippen molar-refractivity contribution >= 4 is 34.5 Å². The molecule has 1 N–H and O–H groups in total. The van der Waals surface area contributed by atoms with Gasteiger partial charge in [0, 0.05) is 10.6 Å². The molecule has 1 aromatic carbocycles. The molecule has 0 aliphatic heterocycles. The van der Waals surface area contributed by atoms with Gasteiger partial charge in [-0.25, -0.2) is 0 Å². The Kier molecular flexibility index (Phi) is 4.78. The SMILES string of the molecule is C[NH+](Cc1nc(-c2ccc(Cl)cc2)no1)Cc1ccc(Cl)s1. The Morgan fingerprint density at radius 3 is 2.55 bits per heavy atom. The molecule has 0 spiro atoms. The van der Waals surface area contributed by atoms with Crippen molar-refractivity contribution in [2.24, 2.45) is 0 Å². The van der Waals surface area contributed by atoms with E-state index in [4.69, 9.17) is 27.7 Å². The Morgan fingerprint density at radius 1 is 1.09 bits per heavy atom. The molecule has 0 aliphatic carbocycles. The van der Waals surface area contributed by atoms with Crippen LogP contribution in [0.5, 0.6) is 0 Å². The number of quaternary nitrogens is 1. The zero-order valence-electron chi connectivity index (χ0n) is 11.8. The minimum Gasteiger partial charge on any atom is -0.333 e. The molecule has 4 nitrogen and oxygen atoms in total. The molecule has 0 amide bonds. The number of rotatable bonds is 5. The van der Waals surface area contributed by atoms with E-state index in [9.17, 15) is 0 Å². The van der Waals surface area contributed by atoms with Crippen LogP contribution in [0.2, 0.25) is 9.36 Å². The minimum absolute atomic E-state index is 0.582. The summed E-state index contributed by atoms with van der Waals surface area (Å²) in [5.74, 6) is 1.20. The Bertz CT molecular complexity index is 754. The number of halogens is 2. The third-order valence-electron chi connectivity index (χ3n) is 3.13. The van der Waals surface area contributed by atoms with Crippen molar-refractivity contribution in [2.45, 2.75) is 13.1 Å². The van der Waals surface area contributed by atoms with Crippen LogP contribution in [0, 0.1) is 0 Å². The summed E-state index contributed by atoms with van der Waals surface area (Å²) in [7, 11) is 2.08. The van der Waals surface area contributed by atoms with E-state index in [0.29, 0.717) is 23.3 Å². The van der Waals surface area contributed by atoms with Gasteiger partial charge in [0.05, 0.1) is 16.3 Å². The van der Waals surface area contributed by atoms with Crippen LogP contribution >= 0.6 is 34.5 Å². The fourth-order valence-corrected chi connectivity index (χ4v) is 3.44. The van der Waals surface area contributed by atoms with E-state index in [2.05, 4.69) is 17.2 Å². The molecule has 0 radical (unpaired) electrons. The van der Waals surface area contributed by atoms with Gasteiger partial charge in [0.25, 0.3) is 5.89 Å². The monoisotopic (exact) mass is 354 g/mol. The van der Waals surface area contributed by atoms with E-state index in [1.54, 1.807) is 11.3 Å². The Morgan fingerprint density at radius 2 is 1.86 bits per heavy atom. The molecule has 3 rings (SSSR count). The lowest BCUT2D eigenvalue weighted by Crippen LogP contribution is -3.06. The van der Waals surface area contributed by atoms with Gasteiger partial charge in [-0.2, -0.15) is 4.98 Å². The smallest absolute Gasteiger partial charge is 0.282 e. The first-order valence-electron chi connectivity index (χ1n) is 6.74. The van der Waals surface area contributed by atoms with Gasteiger partial charge in [0.2, 0.25) is 5.82 Å². The standard InChI is InChI=1S/C15H13Cl2N3OS/c1-20(8-12-6-7-13(17)22-12)9-14-18-15(19-21-14)10-2-4-11(16)5-3-10/h2-7H,8-9H2,1H3/p+1. The molecular formula is C15H14Cl2N3OS+. The summed E-state index contributed by atoms with van der Waals surface area (Å²) in [5, 5.41) is 4.71. The molecule has 2 heterocycles. The van der Waals surface area contributed by atoms with Gasteiger partial charge in [0.1, 0.15) is 6.54 Å². The van der Waals surface area contributed by atoms with Crippen LogP contribution in [0.3, 0.4) is 0 Å². The lowest BCUT2D eigenvalue weighted by molar-refractivity contribution is -0.908. The number of thiophene rings is 1. The van der Waals surface area contributed by atoms with E-state index < -0.39 is 0 Å². The van der Waals surface area contributed by atoms with Crippen molar-refractivity contribution in [3.63, 3.8) is 0 Å². The maximum atomic E-state index is 5.95. The van der Waals surface area contributed by atoms with Crippen LogP contribution in [-0.2, 0) is 13.1 Å². The highest BCUT2D eigenvalue weighted by Gasteiger charge is 2.14. The fourth-order valence-electron chi connectivity index (χ4n) is 2.11. The Balaban J connectivity index is 1.65. The van der Waals surface area contributed by atoms with Gasteiger partial charge in [-0.3, -0.25) is 0 Å². The molecule has 22 heavy (non-hydrogen) atoms. The number of hydrogen-bond donors (Lipinski definition) is 1. The molecule has 1 unspecified atom stereocenters. The van der Waals surface area contributed by atoms with Gasteiger partial charge in [-0.1, -0.05) is 28.4 Å². The highest BCUT2D eigenvalue weighted by Crippen LogP contribution is 2.21. The summed E-state index contributed by atoms with van der Waals surface area (Å²) in [6.07, 6.45) is 0. The molecule has 0 fully saturated rings. The molecule has 0 bridgehead atoms. The molecule has 1 atom stereocenters. The predicted molar refractivity (Wildman–Crippen MR) is 88.4 cm³/mol. The van der Waals surface area contributed by atoms with E-state index in [1.165, 1.54) is 9.78 Å². The minimum atomic E-state index is 0.582. The maximum Gasteiger partial charge on any atom is 0.282 e. The molecule has 0 aliphatic rings. The van der Waals surface area contributed by atoms with Crippen LogP contribution in [0.1, 0.15) is 10.8 Å². The third kappa shape index (κ3) is 3.87. The average molecular weight is 355 g/mol. The predicted octanol–water partition coefficient (Wildman–Crippen LogP) is 3.32. The van der Waals surface area contributed by atoms with E-state index in [1.807, 2.05) is 36.4 Å². The first-order valence-corrected chi connectivity index (χ1v) is 8.31. The summed E-state index contributed by atoms with van der Waals surface area (Å²) >= 11 is 13.4. The number of nitrogens with zero attached hydrogens (tertiary/aromatic N) is 2. The number of aromatic nitrogens is 2. The van der Waals surface area contributed by atoms with Gasteiger partial charge in [0.15, 0.2) is 6.54 Å². The van der Waals surface area contributed by atoms with E-state index >= 15 is 0 Å². The van der Waals surface area contributed by atoms with E-state index in [0.717, 1.165) is 16.4 Å². The highest BCUT2D eigenvalue weighted by atomic mass is 35.5. The molecule has 0 saturated carbocycles. The Hall–Kier alpha value is -1.40. The second kappa shape index (κ2) is 6.79. The third-order valence-corrected chi connectivity index (χ3v) is 4.61. The summed E-state index contributed by atoms with van der Waals surface area (Å²) < 4.78 is 6.14. The first-order chi connectivity index (χ1) is 10.6. The van der Waals surface area contributed by atoms with Crippen LogP contribution in [-0.4, -0.2) is 17.2 Å². The molecule has 114 valence electrons. The van der Waals surface area contributed by atoms with Crippen molar-refractivity contribution in [1.29, 1.82) is 0 Å². The normalized spacial score (nSPS) is 12.5. The topological polar surface area (TPSA) is 43.4 Å². The van der Waals surface area contributed by atoms with Crippen molar-refractivity contribution in [3.05, 3.63) is 56.5 Å². The lowest BCUT2D eigenvalue weighted by atomic mass is 10.2. The van der Waals surface area contributed by atoms with Gasteiger partial charge < -0.3 is 9.42 Å². The summed E-state index contributed by atoms with van der Waals surface area (Å²) in [4.78, 5) is 6.92. The quantitative estimate of drug-likeness (QED) is 0.764. The molecule has 0 saturated heterocycles. The molecule has 7 heteroatoms. The van der Waals surface area contributed by atoms with E-state index in [-0.39, 0.29) is 0 Å². The van der Waals surface area contributed by atoms with Crippen LogP contribution in [0.4, 0.5) is 0 Å². The molecule has 2 aromatic heterocycles. The number of hydrogen-bond acceptors (Lipinski definition) is 4. The number of nitrogens with one attached hydrogen (secondary N) is 1. The van der Waals surface area contributed by atoms with Gasteiger partial charge >= 0.3 is 0 Å². The highest BCUT2D eigenvalue weighted by molar-refractivity contribution is 7.16. The fraction of sp³-hybridized carbons (Fsp3) is 0.200. The van der Waals surface area contributed by atoms with Crippen molar-refractivity contribution in [1.82, 2.24) is 10.1 Å². The second-order valence-electron chi connectivity index (χ2n) is 5.04.